The molecule has 0 aromatic heterocycles. The van der Waals surface area contributed by atoms with E-state index in [-0.39, 0.29) is 0 Å². The fourth-order valence-corrected chi connectivity index (χ4v) is 5.76. The smallest absolute Gasteiger partial charge is 0.0199 e. The lowest BCUT2D eigenvalue weighted by Gasteiger charge is -2.25. The van der Waals surface area contributed by atoms with Crippen molar-refractivity contribution in [2.24, 2.45) is 0 Å². The van der Waals surface area contributed by atoms with Gasteiger partial charge in [0.25, 0.3) is 0 Å². The summed E-state index contributed by atoms with van der Waals surface area (Å²) in [5.74, 6) is 0. The van der Waals surface area contributed by atoms with E-state index in [0.29, 0.717) is 0 Å². The third-order valence-corrected chi connectivity index (χ3v) is 7.70. The normalized spacial score (nSPS) is 14.1. The van der Waals surface area contributed by atoms with E-state index in [4.69, 9.17) is 0 Å². The first-order valence-corrected chi connectivity index (χ1v) is 8.75. The van der Waals surface area contributed by atoms with Gasteiger partial charge >= 0.3 is 0 Å². The standard InChI is InChI=1S/C18H17P/c1-19(18-14-8-9-15-18,16-10-4-2-5-11-16)17-12-6-3-7-13-17/h2-15H,1H3. The van der Waals surface area contributed by atoms with E-state index in [2.05, 4.69) is 91.6 Å². The summed E-state index contributed by atoms with van der Waals surface area (Å²) < 4.78 is 0. The lowest BCUT2D eigenvalue weighted by Crippen LogP contribution is -2.19. The first kappa shape index (κ1) is 12.3. The molecule has 0 aliphatic heterocycles. The van der Waals surface area contributed by atoms with Gasteiger partial charge in [0.15, 0.2) is 0 Å². The summed E-state index contributed by atoms with van der Waals surface area (Å²) in [6, 6.07) is 21.8. The predicted octanol–water partition coefficient (Wildman–Crippen LogP) is 3.58. The Labute approximate surface area is 115 Å². The topological polar surface area (TPSA) is 0 Å². The first-order chi connectivity index (χ1) is 9.32. The van der Waals surface area contributed by atoms with E-state index < -0.39 is 6.89 Å². The Morgan fingerprint density at radius 3 is 1.47 bits per heavy atom. The lowest BCUT2D eigenvalue weighted by molar-refractivity contribution is 1.75. The van der Waals surface area contributed by atoms with E-state index in [1.165, 1.54) is 15.9 Å². The van der Waals surface area contributed by atoms with Crippen LogP contribution in [0.25, 0.3) is 0 Å². The maximum Gasteiger partial charge on any atom is -0.0199 e. The predicted molar refractivity (Wildman–Crippen MR) is 88.3 cm³/mol. The van der Waals surface area contributed by atoms with Crippen LogP contribution >= 0.6 is 6.89 Å². The van der Waals surface area contributed by atoms with Gasteiger partial charge in [-0.15, -0.1) is 0 Å². The molecule has 1 aliphatic rings. The fourth-order valence-electron chi connectivity index (χ4n) is 2.56. The Hall–Kier alpha value is -1.78. The van der Waals surface area contributed by atoms with Crippen LogP contribution in [0.1, 0.15) is 0 Å². The molecule has 19 heavy (non-hydrogen) atoms. The molecule has 0 amide bonds. The van der Waals surface area contributed by atoms with Gasteiger partial charge in [-0.2, -0.15) is 0 Å². The molecule has 3 rings (SSSR count). The summed E-state index contributed by atoms with van der Waals surface area (Å²) in [6.45, 7) is 0.931. The molecule has 0 saturated carbocycles. The summed E-state index contributed by atoms with van der Waals surface area (Å²) in [4.78, 5) is 0. The van der Waals surface area contributed by atoms with E-state index in [9.17, 15) is 0 Å². The van der Waals surface area contributed by atoms with E-state index in [1.54, 1.807) is 0 Å². The SMILES string of the molecule is CP(=C1C=CC=C1)(c1ccccc1)c1ccccc1. The number of benzene rings is 2. The minimum Gasteiger partial charge on any atom is -0.0622 e. The van der Waals surface area contributed by atoms with Crippen molar-refractivity contribution in [2.75, 3.05) is 6.66 Å². The molecule has 2 aromatic carbocycles. The quantitative estimate of drug-likeness (QED) is 0.727. The summed E-state index contributed by atoms with van der Waals surface area (Å²) in [6.07, 6.45) is 8.79. The number of hydrogen-bond acceptors (Lipinski definition) is 0. The van der Waals surface area contributed by atoms with Crippen LogP contribution in [0.5, 0.6) is 0 Å². The van der Waals surface area contributed by atoms with Crippen molar-refractivity contribution in [3.63, 3.8) is 0 Å². The largest absolute Gasteiger partial charge is 0.0622 e. The average molecular weight is 264 g/mol. The highest BCUT2D eigenvalue weighted by Gasteiger charge is 2.20. The average Bonchev–Trinajstić information content (AvgIpc) is 3.03. The molecular weight excluding hydrogens is 247 g/mol. The molecule has 0 fully saturated rings. The molecule has 94 valence electrons. The number of rotatable bonds is 2. The summed E-state index contributed by atoms with van der Waals surface area (Å²) in [5.41, 5.74) is 0. The molecule has 0 bridgehead atoms. The number of allylic oxidation sites excluding steroid dienone is 4. The van der Waals surface area contributed by atoms with Crippen LogP contribution in [0, 0.1) is 0 Å². The zero-order chi connectivity index (χ0) is 13.1. The summed E-state index contributed by atoms with van der Waals surface area (Å²) in [5, 5.41) is 4.32. The Morgan fingerprint density at radius 2 is 1.05 bits per heavy atom. The molecule has 0 radical (unpaired) electrons. The second-order valence-corrected chi connectivity index (χ2v) is 8.38. The zero-order valence-electron chi connectivity index (χ0n) is 11.0. The maximum absolute atomic E-state index is 2.41. The Balaban J connectivity index is 2.33. The molecule has 0 unspecified atom stereocenters. The molecule has 1 heteroatoms. The molecular formula is C18H17P. The minimum absolute atomic E-state index is 1.44. The van der Waals surface area contributed by atoms with Gasteiger partial charge in [-0.25, -0.2) is 0 Å². The summed E-state index contributed by atoms with van der Waals surface area (Å²) >= 11 is 0. The van der Waals surface area contributed by atoms with Gasteiger partial charge in [0.05, 0.1) is 0 Å². The molecule has 2 aromatic rings. The molecule has 1 aliphatic carbocycles. The van der Waals surface area contributed by atoms with E-state index in [0.717, 1.165) is 0 Å². The highest BCUT2D eigenvalue weighted by Crippen LogP contribution is 2.44. The van der Waals surface area contributed by atoms with Crippen molar-refractivity contribution in [3.05, 3.63) is 85.0 Å². The van der Waals surface area contributed by atoms with Gasteiger partial charge in [-0.05, 0) is 29.5 Å². The molecule has 0 nitrogen and oxygen atoms in total. The third-order valence-electron chi connectivity index (χ3n) is 3.71. The highest BCUT2D eigenvalue weighted by atomic mass is 31.2. The van der Waals surface area contributed by atoms with Gasteiger partial charge in [-0.1, -0.05) is 85.0 Å². The van der Waals surface area contributed by atoms with Gasteiger partial charge in [0, 0.05) is 0 Å². The monoisotopic (exact) mass is 264 g/mol. The van der Waals surface area contributed by atoms with Crippen molar-refractivity contribution in [1.29, 1.82) is 0 Å². The Morgan fingerprint density at radius 1 is 0.632 bits per heavy atom. The van der Waals surface area contributed by atoms with Crippen LogP contribution in [-0.4, -0.2) is 12.0 Å². The van der Waals surface area contributed by atoms with Gasteiger partial charge in [-0.3, -0.25) is 0 Å². The zero-order valence-corrected chi connectivity index (χ0v) is 11.9. The van der Waals surface area contributed by atoms with Gasteiger partial charge in [0.2, 0.25) is 0 Å². The second-order valence-electron chi connectivity index (χ2n) is 4.82. The van der Waals surface area contributed by atoms with Crippen LogP contribution in [0.15, 0.2) is 85.0 Å². The Kier molecular flexibility index (Phi) is 3.27. The van der Waals surface area contributed by atoms with Crippen LogP contribution in [0.4, 0.5) is 0 Å². The second kappa shape index (κ2) is 5.07. The molecule has 0 saturated heterocycles. The van der Waals surface area contributed by atoms with Crippen molar-refractivity contribution in [2.45, 2.75) is 0 Å². The first-order valence-electron chi connectivity index (χ1n) is 6.52. The lowest BCUT2D eigenvalue weighted by atomic mass is 10.4. The van der Waals surface area contributed by atoms with E-state index >= 15 is 0 Å². The minimum atomic E-state index is -1.48. The van der Waals surface area contributed by atoms with E-state index in [1.807, 2.05) is 0 Å². The van der Waals surface area contributed by atoms with Crippen LogP contribution in [0.2, 0.25) is 0 Å². The fraction of sp³-hybridized carbons (Fsp3) is 0.0556. The van der Waals surface area contributed by atoms with Crippen LogP contribution < -0.4 is 10.6 Å². The molecule has 0 N–H and O–H groups in total. The van der Waals surface area contributed by atoms with Crippen molar-refractivity contribution in [1.82, 2.24) is 0 Å². The Bertz CT molecular complexity index is 619. The number of hydrogen-bond donors (Lipinski definition) is 0. The molecule has 0 atom stereocenters. The van der Waals surface area contributed by atoms with Crippen LogP contribution in [0.3, 0.4) is 0 Å². The maximum atomic E-state index is 2.41. The van der Waals surface area contributed by atoms with Crippen molar-refractivity contribution in [3.8, 4) is 0 Å². The van der Waals surface area contributed by atoms with Crippen LogP contribution in [-0.2, 0) is 0 Å². The van der Waals surface area contributed by atoms with Gasteiger partial charge < -0.3 is 0 Å². The molecule has 0 spiro atoms. The van der Waals surface area contributed by atoms with Crippen molar-refractivity contribution >= 4 is 22.8 Å². The van der Waals surface area contributed by atoms with Gasteiger partial charge in [0.1, 0.15) is 0 Å². The summed E-state index contributed by atoms with van der Waals surface area (Å²) in [7, 11) is 0. The highest BCUT2D eigenvalue weighted by molar-refractivity contribution is 7.89. The molecule has 0 heterocycles. The third kappa shape index (κ3) is 2.13. The van der Waals surface area contributed by atoms with Crippen molar-refractivity contribution < 1.29 is 0 Å².